The Hall–Kier alpha value is -2.54. The van der Waals surface area contributed by atoms with Gasteiger partial charge in [-0.1, -0.05) is 12.1 Å². The Labute approximate surface area is 167 Å². The highest BCUT2D eigenvalue weighted by molar-refractivity contribution is 5.94. The van der Waals surface area contributed by atoms with Gasteiger partial charge in [0.15, 0.2) is 0 Å². The van der Waals surface area contributed by atoms with Gasteiger partial charge < -0.3 is 9.64 Å². The molecule has 0 aromatic heterocycles. The summed E-state index contributed by atoms with van der Waals surface area (Å²) in [5.74, 6) is 0.807. The summed E-state index contributed by atoms with van der Waals surface area (Å²) >= 11 is 0. The van der Waals surface area contributed by atoms with E-state index in [0.717, 1.165) is 54.9 Å². The second kappa shape index (κ2) is 8.06. The standard InChI is InChI=1S/C22H23F3N2O2/c23-22(24,25)19-6-3-16(4-7-19)14-26-11-12-29-20-8-5-17(13-18(20)15-26)21(28)27-9-1-2-10-27/h3-8,13H,1-2,9-12,14-15H2. The van der Waals surface area contributed by atoms with E-state index in [0.29, 0.717) is 31.8 Å². The maximum absolute atomic E-state index is 12.8. The fourth-order valence-corrected chi connectivity index (χ4v) is 3.88. The molecule has 1 amide bonds. The van der Waals surface area contributed by atoms with Crippen molar-refractivity contribution in [3.63, 3.8) is 0 Å². The van der Waals surface area contributed by atoms with Crippen molar-refractivity contribution < 1.29 is 22.7 Å². The summed E-state index contributed by atoms with van der Waals surface area (Å²) in [5.41, 5.74) is 1.76. The Morgan fingerprint density at radius 3 is 2.41 bits per heavy atom. The number of hydrogen-bond donors (Lipinski definition) is 0. The number of benzene rings is 2. The van der Waals surface area contributed by atoms with Gasteiger partial charge in [-0.25, -0.2) is 0 Å². The van der Waals surface area contributed by atoms with E-state index in [4.69, 9.17) is 4.74 Å². The second-order valence-corrected chi connectivity index (χ2v) is 7.58. The number of nitrogens with zero attached hydrogens (tertiary/aromatic N) is 2. The summed E-state index contributed by atoms with van der Waals surface area (Å²) in [5, 5.41) is 0. The summed E-state index contributed by atoms with van der Waals surface area (Å²) in [6, 6.07) is 10.8. The van der Waals surface area contributed by atoms with Crippen LogP contribution in [0, 0.1) is 0 Å². The van der Waals surface area contributed by atoms with E-state index in [9.17, 15) is 18.0 Å². The molecule has 4 rings (SSSR count). The van der Waals surface area contributed by atoms with Crippen LogP contribution in [0.15, 0.2) is 42.5 Å². The fraction of sp³-hybridized carbons (Fsp3) is 0.409. The highest BCUT2D eigenvalue weighted by Crippen LogP contribution is 2.30. The molecule has 2 aliphatic heterocycles. The first-order valence-electron chi connectivity index (χ1n) is 9.84. The highest BCUT2D eigenvalue weighted by Gasteiger charge is 2.30. The van der Waals surface area contributed by atoms with Gasteiger partial charge in [0.2, 0.25) is 0 Å². The molecule has 0 spiro atoms. The smallest absolute Gasteiger partial charge is 0.416 e. The summed E-state index contributed by atoms with van der Waals surface area (Å²) in [6.07, 6.45) is -2.24. The van der Waals surface area contributed by atoms with Crippen molar-refractivity contribution in [2.45, 2.75) is 32.1 Å². The summed E-state index contributed by atoms with van der Waals surface area (Å²) in [4.78, 5) is 16.7. The highest BCUT2D eigenvalue weighted by atomic mass is 19.4. The molecule has 7 heteroatoms. The SMILES string of the molecule is O=C(c1ccc2c(c1)CN(Cc1ccc(C(F)(F)F)cc1)CCO2)N1CCCC1. The number of hydrogen-bond acceptors (Lipinski definition) is 3. The zero-order chi connectivity index (χ0) is 20.4. The minimum atomic E-state index is -4.33. The van der Waals surface area contributed by atoms with Gasteiger partial charge in [0.1, 0.15) is 12.4 Å². The Morgan fingerprint density at radius 1 is 1.00 bits per heavy atom. The third kappa shape index (κ3) is 4.56. The van der Waals surface area contributed by atoms with Gasteiger partial charge in [0.25, 0.3) is 5.91 Å². The van der Waals surface area contributed by atoms with Crippen LogP contribution in [0.2, 0.25) is 0 Å². The summed E-state index contributed by atoms with van der Waals surface area (Å²) in [7, 11) is 0. The first-order valence-corrected chi connectivity index (χ1v) is 9.84. The minimum Gasteiger partial charge on any atom is -0.492 e. The van der Waals surface area contributed by atoms with E-state index >= 15 is 0 Å². The zero-order valence-corrected chi connectivity index (χ0v) is 16.0. The topological polar surface area (TPSA) is 32.8 Å². The summed E-state index contributed by atoms with van der Waals surface area (Å²) < 4.78 is 44.1. The van der Waals surface area contributed by atoms with Crippen LogP contribution in [-0.4, -0.2) is 41.9 Å². The van der Waals surface area contributed by atoms with Crippen molar-refractivity contribution in [2.75, 3.05) is 26.2 Å². The van der Waals surface area contributed by atoms with E-state index in [2.05, 4.69) is 4.90 Å². The molecule has 0 bridgehead atoms. The van der Waals surface area contributed by atoms with Crippen LogP contribution in [0.1, 0.15) is 39.9 Å². The molecule has 2 aromatic carbocycles. The molecule has 1 fully saturated rings. The molecule has 0 N–H and O–H groups in total. The lowest BCUT2D eigenvalue weighted by molar-refractivity contribution is -0.137. The predicted octanol–water partition coefficient (Wildman–Crippen LogP) is 4.34. The van der Waals surface area contributed by atoms with Crippen LogP contribution in [0.4, 0.5) is 13.2 Å². The molecule has 1 saturated heterocycles. The Bertz CT molecular complexity index is 875. The van der Waals surface area contributed by atoms with E-state index in [1.165, 1.54) is 12.1 Å². The van der Waals surface area contributed by atoms with Crippen molar-refractivity contribution in [1.29, 1.82) is 0 Å². The lowest BCUT2D eigenvalue weighted by Crippen LogP contribution is -2.28. The van der Waals surface area contributed by atoms with Gasteiger partial charge in [0, 0.05) is 43.9 Å². The van der Waals surface area contributed by atoms with Gasteiger partial charge in [-0.3, -0.25) is 9.69 Å². The molecule has 154 valence electrons. The zero-order valence-electron chi connectivity index (χ0n) is 16.0. The summed E-state index contributed by atoms with van der Waals surface area (Å²) in [6.45, 7) is 3.85. The molecule has 0 unspecified atom stereocenters. The second-order valence-electron chi connectivity index (χ2n) is 7.58. The lowest BCUT2D eigenvalue weighted by atomic mass is 10.1. The van der Waals surface area contributed by atoms with Crippen molar-refractivity contribution in [3.05, 3.63) is 64.7 Å². The third-order valence-electron chi connectivity index (χ3n) is 5.45. The minimum absolute atomic E-state index is 0.0452. The van der Waals surface area contributed by atoms with Gasteiger partial charge in [-0.2, -0.15) is 13.2 Å². The molecule has 0 aliphatic carbocycles. The Kier molecular flexibility index (Phi) is 5.50. The number of halogens is 3. The number of amides is 1. The van der Waals surface area contributed by atoms with Crippen LogP contribution in [-0.2, 0) is 19.3 Å². The number of carbonyl (C=O) groups is 1. The molecule has 2 aromatic rings. The van der Waals surface area contributed by atoms with Crippen molar-refractivity contribution in [2.24, 2.45) is 0 Å². The average molecular weight is 404 g/mol. The van der Waals surface area contributed by atoms with Crippen molar-refractivity contribution in [3.8, 4) is 5.75 Å². The number of carbonyl (C=O) groups excluding carboxylic acids is 1. The van der Waals surface area contributed by atoms with E-state index < -0.39 is 11.7 Å². The maximum atomic E-state index is 12.8. The Balaban J connectivity index is 1.48. The molecular formula is C22H23F3N2O2. The first-order chi connectivity index (χ1) is 13.9. The average Bonchev–Trinajstić information content (AvgIpc) is 3.15. The van der Waals surface area contributed by atoms with Crippen LogP contribution in [0.5, 0.6) is 5.75 Å². The largest absolute Gasteiger partial charge is 0.492 e. The Morgan fingerprint density at radius 2 is 1.72 bits per heavy atom. The van der Waals surface area contributed by atoms with Gasteiger partial charge in [-0.05, 0) is 48.7 Å². The van der Waals surface area contributed by atoms with Crippen LogP contribution >= 0.6 is 0 Å². The van der Waals surface area contributed by atoms with Gasteiger partial charge >= 0.3 is 6.18 Å². The number of ether oxygens (including phenoxy) is 1. The van der Waals surface area contributed by atoms with Crippen LogP contribution in [0.3, 0.4) is 0 Å². The van der Waals surface area contributed by atoms with E-state index in [1.807, 2.05) is 23.1 Å². The number of alkyl halides is 3. The molecule has 2 aliphatic rings. The van der Waals surface area contributed by atoms with E-state index in [-0.39, 0.29) is 5.91 Å². The third-order valence-corrected chi connectivity index (χ3v) is 5.45. The number of rotatable bonds is 3. The van der Waals surface area contributed by atoms with Gasteiger partial charge in [-0.15, -0.1) is 0 Å². The maximum Gasteiger partial charge on any atom is 0.416 e. The van der Waals surface area contributed by atoms with Crippen LogP contribution < -0.4 is 4.74 Å². The molecule has 29 heavy (non-hydrogen) atoms. The fourth-order valence-electron chi connectivity index (χ4n) is 3.88. The monoisotopic (exact) mass is 404 g/mol. The number of likely N-dealkylation sites (tertiary alicyclic amines) is 1. The molecule has 4 nitrogen and oxygen atoms in total. The van der Waals surface area contributed by atoms with Crippen molar-refractivity contribution >= 4 is 5.91 Å². The molecular weight excluding hydrogens is 381 g/mol. The predicted molar refractivity (Wildman–Crippen MR) is 103 cm³/mol. The van der Waals surface area contributed by atoms with Crippen molar-refractivity contribution in [1.82, 2.24) is 9.80 Å². The molecule has 0 radical (unpaired) electrons. The van der Waals surface area contributed by atoms with Crippen LogP contribution in [0.25, 0.3) is 0 Å². The van der Waals surface area contributed by atoms with E-state index in [1.54, 1.807) is 0 Å². The quantitative estimate of drug-likeness (QED) is 0.763. The van der Waals surface area contributed by atoms with Gasteiger partial charge in [0.05, 0.1) is 5.56 Å². The lowest BCUT2D eigenvalue weighted by Gasteiger charge is -2.20. The normalized spacial score (nSPS) is 17.6. The first kappa shape index (κ1) is 19.8. The molecule has 0 atom stereocenters. The molecule has 0 saturated carbocycles. The number of fused-ring (bicyclic) bond motifs is 1. The molecule has 2 heterocycles.